The van der Waals surface area contributed by atoms with E-state index in [1.54, 1.807) is 7.11 Å². The van der Waals surface area contributed by atoms with Gasteiger partial charge in [0.1, 0.15) is 12.4 Å². The summed E-state index contributed by atoms with van der Waals surface area (Å²) in [4.78, 5) is 11.4. The predicted molar refractivity (Wildman–Crippen MR) is 63.8 cm³/mol. The first-order chi connectivity index (χ1) is 8.28. The van der Waals surface area contributed by atoms with Crippen molar-refractivity contribution >= 4 is 5.97 Å². The first-order valence-electron chi connectivity index (χ1n) is 5.80. The Morgan fingerprint density at radius 3 is 2.65 bits per heavy atom. The molecule has 17 heavy (non-hydrogen) atoms. The van der Waals surface area contributed by atoms with E-state index in [0.29, 0.717) is 19.2 Å². The zero-order valence-electron chi connectivity index (χ0n) is 9.94. The molecule has 0 aliphatic heterocycles. The Hall–Kier alpha value is -1.55. The maximum Gasteiger partial charge on any atom is 0.320 e. The van der Waals surface area contributed by atoms with E-state index in [4.69, 9.17) is 9.47 Å². The fourth-order valence-corrected chi connectivity index (χ4v) is 1.45. The highest BCUT2D eigenvalue weighted by molar-refractivity contribution is 5.71. The van der Waals surface area contributed by atoms with Crippen molar-refractivity contribution < 1.29 is 14.3 Å². The molecule has 0 radical (unpaired) electrons. The van der Waals surface area contributed by atoms with E-state index in [1.807, 2.05) is 24.3 Å². The second-order valence-corrected chi connectivity index (χ2v) is 4.16. The third kappa shape index (κ3) is 4.07. The van der Waals surface area contributed by atoms with E-state index in [9.17, 15) is 4.79 Å². The fraction of sp³-hybridized carbons (Fsp3) is 0.462. The van der Waals surface area contributed by atoms with Gasteiger partial charge < -0.3 is 14.8 Å². The van der Waals surface area contributed by atoms with Crippen LogP contribution >= 0.6 is 0 Å². The number of carbonyl (C=O) groups excluding carboxylic acids is 1. The molecule has 1 N–H and O–H groups in total. The van der Waals surface area contributed by atoms with Crippen LogP contribution in [0.5, 0.6) is 5.75 Å². The second-order valence-electron chi connectivity index (χ2n) is 4.16. The topological polar surface area (TPSA) is 47.6 Å². The zero-order valence-corrected chi connectivity index (χ0v) is 9.94. The van der Waals surface area contributed by atoms with Crippen LogP contribution in [0.25, 0.3) is 0 Å². The number of rotatable bonds is 6. The highest BCUT2D eigenvalue weighted by Crippen LogP contribution is 2.18. The molecule has 0 saturated heterocycles. The lowest BCUT2D eigenvalue weighted by atomic mass is 10.2. The van der Waals surface area contributed by atoms with Gasteiger partial charge in [-0.15, -0.1) is 0 Å². The summed E-state index contributed by atoms with van der Waals surface area (Å²) in [6, 6.07) is 8.02. The number of hydrogen-bond acceptors (Lipinski definition) is 4. The van der Waals surface area contributed by atoms with Crippen molar-refractivity contribution in [3.63, 3.8) is 0 Å². The van der Waals surface area contributed by atoms with E-state index in [2.05, 4.69) is 5.32 Å². The van der Waals surface area contributed by atoms with Crippen molar-refractivity contribution in [3.05, 3.63) is 29.8 Å². The quantitative estimate of drug-likeness (QED) is 0.759. The maximum atomic E-state index is 11.4. The minimum Gasteiger partial charge on any atom is -0.497 e. The number of nitrogens with one attached hydrogen (secondary N) is 1. The Kier molecular flexibility index (Phi) is 3.98. The van der Waals surface area contributed by atoms with Gasteiger partial charge in [0.15, 0.2) is 0 Å². The molecule has 0 amide bonds. The van der Waals surface area contributed by atoms with Crippen LogP contribution in [0.2, 0.25) is 0 Å². The third-order valence-corrected chi connectivity index (χ3v) is 2.67. The summed E-state index contributed by atoms with van der Waals surface area (Å²) < 4.78 is 10.2. The van der Waals surface area contributed by atoms with E-state index in [-0.39, 0.29) is 5.97 Å². The molecule has 0 bridgehead atoms. The monoisotopic (exact) mass is 235 g/mol. The van der Waals surface area contributed by atoms with Crippen LogP contribution in [0, 0.1) is 0 Å². The van der Waals surface area contributed by atoms with Crippen molar-refractivity contribution in [3.8, 4) is 5.75 Å². The Labute approximate surface area is 101 Å². The summed E-state index contributed by atoms with van der Waals surface area (Å²) in [7, 11) is 1.62. The van der Waals surface area contributed by atoms with Crippen LogP contribution in [0.4, 0.5) is 0 Å². The van der Waals surface area contributed by atoms with Crippen LogP contribution in [0.15, 0.2) is 24.3 Å². The third-order valence-electron chi connectivity index (χ3n) is 2.67. The smallest absolute Gasteiger partial charge is 0.320 e. The molecule has 1 saturated carbocycles. The number of hydrogen-bond donors (Lipinski definition) is 1. The number of ether oxygens (including phenoxy) is 2. The summed E-state index contributed by atoms with van der Waals surface area (Å²) in [5.74, 6) is 0.600. The molecular formula is C13H17NO3. The number of benzene rings is 1. The molecule has 4 heteroatoms. The predicted octanol–water partition coefficient (Wildman–Crippen LogP) is 1.49. The maximum absolute atomic E-state index is 11.4. The lowest BCUT2D eigenvalue weighted by molar-refractivity contribution is -0.143. The van der Waals surface area contributed by atoms with Crippen LogP contribution in [0.3, 0.4) is 0 Å². The van der Waals surface area contributed by atoms with Gasteiger partial charge in [0.05, 0.1) is 13.7 Å². The lowest BCUT2D eigenvalue weighted by Gasteiger charge is -2.06. The normalized spacial score (nSPS) is 14.4. The first kappa shape index (κ1) is 11.9. The molecule has 1 aliphatic rings. The molecule has 1 aliphatic carbocycles. The van der Waals surface area contributed by atoms with E-state index >= 15 is 0 Å². The summed E-state index contributed by atoms with van der Waals surface area (Å²) in [6.07, 6.45) is 2.34. The van der Waals surface area contributed by atoms with Gasteiger partial charge in [-0.2, -0.15) is 0 Å². The minimum atomic E-state index is -0.201. The van der Waals surface area contributed by atoms with Gasteiger partial charge in [0, 0.05) is 6.04 Å². The van der Waals surface area contributed by atoms with E-state index in [1.165, 1.54) is 12.8 Å². The highest BCUT2D eigenvalue weighted by atomic mass is 16.5. The summed E-state index contributed by atoms with van der Waals surface area (Å²) in [5, 5.41) is 3.12. The fourth-order valence-electron chi connectivity index (χ4n) is 1.45. The number of methoxy groups -OCH3 is 1. The lowest BCUT2D eigenvalue weighted by Crippen LogP contribution is -2.26. The van der Waals surface area contributed by atoms with Gasteiger partial charge >= 0.3 is 5.97 Å². The molecule has 4 nitrogen and oxygen atoms in total. The van der Waals surface area contributed by atoms with Crippen LogP contribution in [-0.4, -0.2) is 25.7 Å². The average molecular weight is 235 g/mol. The Bertz CT molecular complexity index is 371. The minimum absolute atomic E-state index is 0.201. The second kappa shape index (κ2) is 5.68. The standard InChI is InChI=1S/C13H17NO3/c1-16-12-6-2-10(3-7-12)9-17-13(15)8-14-11-4-5-11/h2-3,6-7,11,14H,4-5,8-9H2,1H3. The molecule has 0 unspecified atom stereocenters. The Balaban J connectivity index is 1.70. The zero-order chi connectivity index (χ0) is 12.1. The van der Waals surface area contributed by atoms with Crippen molar-refractivity contribution in [1.29, 1.82) is 0 Å². The molecule has 1 aromatic carbocycles. The molecule has 0 aromatic heterocycles. The van der Waals surface area contributed by atoms with Crippen molar-refractivity contribution in [2.24, 2.45) is 0 Å². The molecular weight excluding hydrogens is 218 g/mol. The van der Waals surface area contributed by atoms with Crippen LogP contribution in [0.1, 0.15) is 18.4 Å². The molecule has 2 rings (SSSR count). The molecule has 1 fully saturated rings. The van der Waals surface area contributed by atoms with Gasteiger partial charge in [-0.3, -0.25) is 4.79 Å². The SMILES string of the molecule is COc1ccc(COC(=O)CNC2CC2)cc1. The summed E-state index contributed by atoms with van der Waals surface area (Å²) in [6.45, 7) is 0.621. The summed E-state index contributed by atoms with van der Waals surface area (Å²) in [5.41, 5.74) is 0.963. The average Bonchev–Trinajstić information content (AvgIpc) is 3.18. The van der Waals surface area contributed by atoms with Crippen LogP contribution in [-0.2, 0) is 16.1 Å². The number of esters is 1. The molecule has 1 aromatic rings. The largest absolute Gasteiger partial charge is 0.497 e. The summed E-state index contributed by atoms with van der Waals surface area (Å²) >= 11 is 0. The van der Waals surface area contributed by atoms with Gasteiger partial charge in [0.2, 0.25) is 0 Å². The highest BCUT2D eigenvalue weighted by Gasteiger charge is 2.21. The van der Waals surface area contributed by atoms with Gasteiger partial charge in [-0.05, 0) is 30.5 Å². The molecule has 0 heterocycles. The van der Waals surface area contributed by atoms with Crippen molar-refractivity contribution in [2.45, 2.75) is 25.5 Å². The van der Waals surface area contributed by atoms with E-state index < -0.39 is 0 Å². The van der Waals surface area contributed by atoms with Gasteiger partial charge in [-0.1, -0.05) is 12.1 Å². The van der Waals surface area contributed by atoms with Gasteiger partial charge in [0.25, 0.3) is 0 Å². The van der Waals surface area contributed by atoms with Crippen LogP contribution < -0.4 is 10.1 Å². The molecule has 0 atom stereocenters. The Morgan fingerprint density at radius 2 is 2.06 bits per heavy atom. The van der Waals surface area contributed by atoms with E-state index in [0.717, 1.165) is 11.3 Å². The Morgan fingerprint density at radius 1 is 1.35 bits per heavy atom. The van der Waals surface area contributed by atoms with Gasteiger partial charge in [-0.25, -0.2) is 0 Å². The molecule has 0 spiro atoms. The van der Waals surface area contributed by atoms with Crippen molar-refractivity contribution in [1.82, 2.24) is 5.32 Å². The van der Waals surface area contributed by atoms with Crippen molar-refractivity contribution in [2.75, 3.05) is 13.7 Å². The first-order valence-corrected chi connectivity index (χ1v) is 5.80. The number of carbonyl (C=O) groups is 1. The molecule has 92 valence electrons.